The summed E-state index contributed by atoms with van der Waals surface area (Å²) in [4.78, 5) is 1.28. The summed E-state index contributed by atoms with van der Waals surface area (Å²) in [6.07, 6.45) is 0. The number of hydrogen-bond donors (Lipinski definition) is 1. The van der Waals surface area contributed by atoms with Crippen molar-refractivity contribution in [3.8, 4) is 0 Å². The number of aryl methyl sites for hydroxylation is 2. The number of thiophene rings is 1. The fraction of sp³-hybridized carbons (Fsp3) is 0.333. The maximum absolute atomic E-state index is 5.96. The summed E-state index contributed by atoms with van der Waals surface area (Å²) < 4.78 is 0.852. The van der Waals surface area contributed by atoms with Crippen LogP contribution in [0.4, 0.5) is 0 Å². The second-order valence-electron chi connectivity index (χ2n) is 4.67. The van der Waals surface area contributed by atoms with Gasteiger partial charge in [0.25, 0.3) is 0 Å². The normalized spacial score (nSPS) is 12.7. The first kappa shape index (κ1) is 13.6. The van der Waals surface area contributed by atoms with E-state index >= 15 is 0 Å². The quantitative estimate of drug-likeness (QED) is 0.842. The molecule has 96 valence electrons. The van der Waals surface area contributed by atoms with E-state index in [0.717, 1.165) is 10.9 Å². The predicted molar refractivity (Wildman–Crippen MR) is 80.5 cm³/mol. The Morgan fingerprint density at radius 1 is 1.22 bits per heavy atom. The third kappa shape index (κ3) is 3.35. The number of nitrogens with one attached hydrogen (secondary N) is 1. The zero-order valence-electron chi connectivity index (χ0n) is 11.0. The zero-order chi connectivity index (χ0) is 13.1. The minimum absolute atomic E-state index is 0.336. The molecule has 2 aromatic rings. The van der Waals surface area contributed by atoms with Crippen LogP contribution >= 0.6 is 22.9 Å². The van der Waals surface area contributed by atoms with Crippen LogP contribution in [0, 0.1) is 13.8 Å². The van der Waals surface area contributed by atoms with Gasteiger partial charge in [0.2, 0.25) is 0 Å². The van der Waals surface area contributed by atoms with Crippen LogP contribution in [0.3, 0.4) is 0 Å². The molecule has 0 spiro atoms. The maximum Gasteiger partial charge on any atom is 0.0931 e. The molecule has 0 bridgehead atoms. The van der Waals surface area contributed by atoms with Gasteiger partial charge in [-0.2, -0.15) is 0 Å². The van der Waals surface area contributed by atoms with Gasteiger partial charge in [0, 0.05) is 17.5 Å². The average molecular weight is 280 g/mol. The fourth-order valence-corrected chi connectivity index (χ4v) is 3.06. The Balaban J connectivity index is 1.99. The van der Waals surface area contributed by atoms with Crippen LogP contribution in [0.25, 0.3) is 0 Å². The second kappa shape index (κ2) is 5.87. The molecule has 0 aliphatic heterocycles. The van der Waals surface area contributed by atoms with Crippen molar-refractivity contribution < 1.29 is 0 Å². The Bertz CT molecular complexity index is 533. The first-order valence-electron chi connectivity index (χ1n) is 6.11. The molecule has 0 radical (unpaired) electrons. The third-order valence-electron chi connectivity index (χ3n) is 3.12. The highest BCUT2D eigenvalue weighted by molar-refractivity contribution is 7.16. The van der Waals surface area contributed by atoms with Crippen LogP contribution < -0.4 is 5.32 Å². The molecule has 0 saturated carbocycles. The summed E-state index contributed by atoms with van der Waals surface area (Å²) in [5.41, 5.74) is 4.02. The van der Waals surface area contributed by atoms with Crippen molar-refractivity contribution in [2.75, 3.05) is 0 Å². The van der Waals surface area contributed by atoms with Crippen molar-refractivity contribution in [2.24, 2.45) is 0 Å². The predicted octanol–water partition coefficient (Wildman–Crippen LogP) is 4.87. The molecule has 1 aromatic carbocycles. The second-order valence-corrected chi connectivity index (χ2v) is 6.42. The van der Waals surface area contributed by atoms with Crippen molar-refractivity contribution in [1.82, 2.24) is 5.32 Å². The third-order valence-corrected chi connectivity index (χ3v) is 4.53. The molecule has 0 aliphatic rings. The minimum atomic E-state index is 0.336. The smallest absolute Gasteiger partial charge is 0.0931 e. The largest absolute Gasteiger partial charge is 0.305 e. The van der Waals surface area contributed by atoms with Crippen molar-refractivity contribution in [1.29, 1.82) is 0 Å². The minimum Gasteiger partial charge on any atom is -0.305 e. The lowest BCUT2D eigenvalue weighted by atomic mass is 10.1. The molecule has 1 atom stereocenters. The van der Waals surface area contributed by atoms with E-state index in [9.17, 15) is 0 Å². The van der Waals surface area contributed by atoms with Gasteiger partial charge in [0.15, 0.2) is 0 Å². The number of halogens is 1. The van der Waals surface area contributed by atoms with Gasteiger partial charge in [-0.1, -0.05) is 35.4 Å². The average Bonchev–Trinajstić information content (AvgIpc) is 2.74. The molecule has 1 unspecified atom stereocenters. The molecular weight excluding hydrogens is 262 g/mol. The lowest BCUT2D eigenvalue weighted by Crippen LogP contribution is -2.17. The van der Waals surface area contributed by atoms with Gasteiger partial charge in [-0.15, -0.1) is 11.3 Å². The molecule has 0 fully saturated rings. The van der Waals surface area contributed by atoms with Gasteiger partial charge in [0.05, 0.1) is 4.34 Å². The van der Waals surface area contributed by atoms with Gasteiger partial charge in [-0.3, -0.25) is 0 Å². The van der Waals surface area contributed by atoms with Gasteiger partial charge in [0.1, 0.15) is 0 Å². The van der Waals surface area contributed by atoms with Crippen molar-refractivity contribution in [2.45, 2.75) is 33.4 Å². The molecule has 1 N–H and O–H groups in total. The molecule has 18 heavy (non-hydrogen) atoms. The van der Waals surface area contributed by atoms with E-state index in [1.165, 1.54) is 21.6 Å². The van der Waals surface area contributed by atoms with Crippen molar-refractivity contribution in [3.05, 3.63) is 56.2 Å². The highest BCUT2D eigenvalue weighted by atomic mass is 35.5. The molecule has 3 heteroatoms. The Hall–Kier alpha value is -0.830. The van der Waals surface area contributed by atoms with Crippen LogP contribution in [0.2, 0.25) is 4.34 Å². The van der Waals surface area contributed by atoms with E-state index in [0.29, 0.717) is 6.04 Å². The molecule has 0 aliphatic carbocycles. The zero-order valence-corrected chi connectivity index (χ0v) is 12.5. The molecule has 1 nitrogen and oxygen atoms in total. The van der Waals surface area contributed by atoms with Crippen LogP contribution in [0.5, 0.6) is 0 Å². The molecule has 0 amide bonds. The maximum atomic E-state index is 5.96. The van der Waals surface area contributed by atoms with Crippen LogP contribution in [-0.2, 0) is 6.54 Å². The van der Waals surface area contributed by atoms with Crippen LogP contribution in [0.15, 0.2) is 30.3 Å². The highest BCUT2D eigenvalue weighted by Gasteiger charge is 2.08. The molecular formula is C15H18ClNS. The van der Waals surface area contributed by atoms with E-state index in [-0.39, 0.29) is 0 Å². The standard InChI is InChI=1S/C15H18ClNS/c1-10-4-5-13(11(2)8-10)9-17-12(3)14-6-7-15(16)18-14/h4-8,12,17H,9H2,1-3H3. The number of benzene rings is 1. The van der Waals surface area contributed by atoms with Crippen molar-refractivity contribution in [3.63, 3.8) is 0 Å². The fourth-order valence-electron chi connectivity index (χ4n) is 1.97. The molecule has 1 aromatic heterocycles. The summed E-state index contributed by atoms with van der Waals surface area (Å²) in [5, 5.41) is 3.54. The SMILES string of the molecule is Cc1ccc(CNC(C)c2ccc(Cl)s2)c(C)c1. The number of rotatable bonds is 4. The van der Waals surface area contributed by atoms with E-state index in [4.69, 9.17) is 11.6 Å². The molecule has 1 heterocycles. The Labute approximate surface area is 118 Å². The monoisotopic (exact) mass is 279 g/mol. The Morgan fingerprint density at radius 2 is 2.00 bits per heavy atom. The van der Waals surface area contributed by atoms with E-state index in [1.54, 1.807) is 11.3 Å². The summed E-state index contributed by atoms with van der Waals surface area (Å²) >= 11 is 7.60. The Morgan fingerprint density at radius 3 is 2.61 bits per heavy atom. The van der Waals surface area contributed by atoms with E-state index in [1.807, 2.05) is 6.07 Å². The van der Waals surface area contributed by atoms with Crippen molar-refractivity contribution >= 4 is 22.9 Å². The van der Waals surface area contributed by atoms with Crippen LogP contribution in [-0.4, -0.2) is 0 Å². The van der Waals surface area contributed by atoms with Gasteiger partial charge in [-0.25, -0.2) is 0 Å². The van der Waals surface area contributed by atoms with Gasteiger partial charge >= 0.3 is 0 Å². The Kier molecular flexibility index (Phi) is 4.44. The summed E-state index contributed by atoms with van der Waals surface area (Å²) in [7, 11) is 0. The van der Waals surface area contributed by atoms with Crippen LogP contribution in [0.1, 0.15) is 34.5 Å². The van der Waals surface area contributed by atoms with E-state index < -0.39 is 0 Å². The lowest BCUT2D eigenvalue weighted by molar-refractivity contribution is 0.581. The first-order chi connectivity index (χ1) is 8.56. The summed E-state index contributed by atoms with van der Waals surface area (Å²) in [5.74, 6) is 0. The number of hydrogen-bond acceptors (Lipinski definition) is 2. The molecule has 2 rings (SSSR count). The summed E-state index contributed by atoms with van der Waals surface area (Å²) in [6, 6.07) is 11.0. The first-order valence-corrected chi connectivity index (χ1v) is 7.30. The van der Waals surface area contributed by atoms with E-state index in [2.05, 4.69) is 50.4 Å². The lowest BCUT2D eigenvalue weighted by Gasteiger charge is -2.14. The summed E-state index contributed by atoms with van der Waals surface area (Å²) in [6.45, 7) is 7.35. The molecule has 0 saturated heterocycles. The van der Waals surface area contributed by atoms with Gasteiger partial charge < -0.3 is 5.32 Å². The topological polar surface area (TPSA) is 12.0 Å². The van der Waals surface area contributed by atoms with Gasteiger partial charge in [-0.05, 0) is 44.0 Å². The highest BCUT2D eigenvalue weighted by Crippen LogP contribution is 2.26.